The smallest absolute Gasteiger partial charge is 0.351 e. The van der Waals surface area contributed by atoms with Gasteiger partial charge in [0.25, 0.3) is 5.91 Å². The Balaban J connectivity index is 2.06. The first-order chi connectivity index (χ1) is 20.9. The summed E-state index contributed by atoms with van der Waals surface area (Å²) in [6, 6.07) is 11.3. The fourth-order valence-electron chi connectivity index (χ4n) is 4.93. The van der Waals surface area contributed by atoms with Gasteiger partial charge >= 0.3 is 6.18 Å². The number of carbonyl (C=O) groups is 1. The van der Waals surface area contributed by atoms with Crippen LogP contribution in [0.2, 0.25) is 0 Å². The Morgan fingerprint density at radius 3 is 2.39 bits per heavy atom. The minimum absolute atomic E-state index is 0.108. The van der Waals surface area contributed by atoms with Crippen LogP contribution in [-0.2, 0) is 16.8 Å². The zero-order chi connectivity index (χ0) is 32.3. The molecule has 1 unspecified atom stereocenters. The molecule has 0 saturated heterocycles. The monoisotopic (exact) mass is 609 g/mol. The number of anilines is 2. The van der Waals surface area contributed by atoms with Gasteiger partial charge in [-0.3, -0.25) is 4.79 Å². The van der Waals surface area contributed by atoms with Crippen molar-refractivity contribution in [1.29, 1.82) is 0 Å². The SMILES string of the molecule is C\C=C/C=C(\C=C/C)C(N)(CCC1CC1)c1ccc(F)c(NC(=O)/C(=C/C(=C/CC)C(F)(F)F)Nc2cccc(CC)c2)c1. The Morgan fingerprint density at radius 2 is 1.77 bits per heavy atom. The third kappa shape index (κ3) is 9.55. The summed E-state index contributed by atoms with van der Waals surface area (Å²) in [5.41, 5.74) is 7.34. The van der Waals surface area contributed by atoms with Crippen LogP contribution in [0.1, 0.15) is 70.9 Å². The van der Waals surface area contributed by atoms with E-state index in [4.69, 9.17) is 5.73 Å². The summed E-state index contributed by atoms with van der Waals surface area (Å²) in [7, 11) is 0. The fourth-order valence-corrected chi connectivity index (χ4v) is 4.93. The van der Waals surface area contributed by atoms with Crippen molar-refractivity contribution in [2.45, 2.75) is 77.9 Å². The number of aryl methyl sites for hydroxylation is 1. The Hall–Kier alpha value is -3.91. The summed E-state index contributed by atoms with van der Waals surface area (Å²) < 4.78 is 56.8. The molecule has 3 rings (SSSR count). The van der Waals surface area contributed by atoms with Gasteiger partial charge < -0.3 is 16.4 Å². The molecule has 1 fully saturated rings. The van der Waals surface area contributed by atoms with Gasteiger partial charge in [0.05, 0.1) is 16.8 Å². The van der Waals surface area contributed by atoms with Gasteiger partial charge in [0.2, 0.25) is 0 Å². The van der Waals surface area contributed by atoms with Gasteiger partial charge in [-0.2, -0.15) is 13.2 Å². The van der Waals surface area contributed by atoms with Crippen molar-refractivity contribution in [2.24, 2.45) is 11.7 Å². The molecule has 0 bridgehead atoms. The van der Waals surface area contributed by atoms with Gasteiger partial charge in [0.1, 0.15) is 11.5 Å². The van der Waals surface area contributed by atoms with Crippen molar-refractivity contribution in [3.8, 4) is 0 Å². The lowest BCUT2D eigenvalue weighted by Gasteiger charge is -2.32. The second kappa shape index (κ2) is 15.7. The van der Waals surface area contributed by atoms with E-state index in [1.807, 2.05) is 57.2 Å². The number of benzene rings is 2. The number of nitrogens with one attached hydrogen (secondary N) is 2. The average Bonchev–Trinajstić information content (AvgIpc) is 3.82. The number of allylic oxidation sites excluding steroid dienone is 7. The van der Waals surface area contributed by atoms with Crippen molar-refractivity contribution in [1.82, 2.24) is 0 Å². The lowest BCUT2D eigenvalue weighted by Crippen LogP contribution is -2.38. The lowest BCUT2D eigenvalue weighted by molar-refractivity contribution is -0.112. The van der Waals surface area contributed by atoms with Gasteiger partial charge in [-0.25, -0.2) is 4.39 Å². The number of hydrogen-bond acceptors (Lipinski definition) is 3. The maximum atomic E-state index is 15.2. The van der Waals surface area contributed by atoms with Crippen molar-refractivity contribution in [2.75, 3.05) is 10.6 Å². The van der Waals surface area contributed by atoms with Crippen LogP contribution in [0.5, 0.6) is 0 Å². The highest BCUT2D eigenvalue weighted by molar-refractivity contribution is 6.06. The molecule has 1 amide bonds. The van der Waals surface area contributed by atoms with E-state index in [1.165, 1.54) is 12.1 Å². The van der Waals surface area contributed by atoms with Crippen molar-refractivity contribution < 1.29 is 22.4 Å². The first-order valence-electron chi connectivity index (χ1n) is 15.2. The van der Waals surface area contributed by atoms with E-state index in [1.54, 1.807) is 31.2 Å². The molecule has 2 aromatic rings. The van der Waals surface area contributed by atoms with Gasteiger partial charge in [0.15, 0.2) is 0 Å². The quantitative estimate of drug-likeness (QED) is 0.114. The van der Waals surface area contributed by atoms with E-state index in [0.29, 0.717) is 30.0 Å². The summed E-state index contributed by atoms with van der Waals surface area (Å²) in [6.07, 6.45) is 11.2. The summed E-state index contributed by atoms with van der Waals surface area (Å²) >= 11 is 0. The van der Waals surface area contributed by atoms with Crippen LogP contribution in [0.3, 0.4) is 0 Å². The number of carbonyl (C=O) groups excluding carboxylic acids is 1. The van der Waals surface area contributed by atoms with Crippen molar-refractivity contribution in [3.05, 3.63) is 119 Å². The van der Waals surface area contributed by atoms with E-state index in [2.05, 4.69) is 10.6 Å². The van der Waals surface area contributed by atoms with E-state index in [-0.39, 0.29) is 17.8 Å². The van der Waals surface area contributed by atoms with Crippen molar-refractivity contribution in [3.63, 3.8) is 0 Å². The predicted octanol–water partition coefficient (Wildman–Crippen LogP) is 9.64. The maximum absolute atomic E-state index is 15.2. The minimum Gasteiger partial charge on any atom is -0.351 e. The Labute approximate surface area is 258 Å². The van der Waals surface area contributed by atoms with E-state index in [9.17, 15) is 18.0 Å². The molecule has 44 heavy (non-hydrogen) atoms. The van der Waals surface area contributed by atoms with Crippen LogP contribution in [-0.4, -0.2) is 12.1 Å². The van der Waals surface area contributed by atoms with Crippen LogP contribution in [0.4, 0.5) is 28.9 Å². The van der Waals surface area contributed by atoms with Crippen LogP contribution >= 0.6 is 0 Å². The molecule has 0 heterocycles. The summed E-state index contributed by atoms with van der Waals surface area (Å²) in [5.74, 6) is -1.06. The molecule has 4 nitrogen and oxygen atoms in total. The fraction of sp³-hybridized carbons (Fsp3) is 0.361. The van der Waals surface area contributed by atoms with Crippen LogP contribution in [0, 0.1) is 11.7 Å². The molecule has 0 aromatic heterocycles. The molecule has 0 radical (unpaired) electrons. The second-order valence-corrected chi connectivity index (χ2v) is 11.1. The predicted molar refractivity (Wildman–Crippen MR) is 173 cm³/mol. The largest absolute Gasteiger partial charge is 0.416 e. The molecule has 0 aliphatic heterocycles. The van der Waals surface area contributed by atoms with Gasteiger partial charge in [-0.1, -0.05) is 81.3 Å². The molecule has 236 valence electrons. The molecule has 8 heteroatoms. The highest BCUT2D eigenvalue weighted by atomic mass is 19.4. The number of alkyl halides is 3. The molecule has 1 aliphatic carbocycles. The zero-order valence-electron chi connectivity index (χ0n) is 25.9. The molecule has 4 N–H and O–H groups in total. The third-order valence-corrected chi connectivity index (χ3v) is 7.61. The molecule has 1 aliphatic rings. The van der Waals surface area contributed by atoms with E-state index in [0.717, 1.165) is 42.6 Å². The summed E-state index contributed by atoms with van der Waals surface area (Å²) in [4.78, 5) is 13.6. The third-order valence-electron chi connectivity index (χ3n) is 7.61. The zero-order valence-corrected chi connectivity index (χ0v) is 25.9. The molecule has 1 saturated carbocycles. The standard InChI is InChI=1S/C36H43F4N3O/c1-5-9-14-27(11-6-2)35(41,21-20-26-16-17-26)28-18-19-31(37)32(23-28)43-34(44)33(24-29(12-7-3)36(38,39)40)42-30-15-10-13-25(8-4)22-30/h5-6,9-15,18-19,22-24,26,42H,7-8,16-17,20-21,41H2,1-4H3,(H,43,44)/b9-5-,11-6-,27-14+,29-12-,33-24-. The normalized spacial score (nSPS) is 16.4. The number of nitrogens with two attached hydrogens (primary N) is 1. The number of rotatable bonds is 14. The highest BCUT2D eigenvalue weighted by Gasteiger charge is 2.35. The summed E-state index contributed by atoms with van der Waals surface area (Å²) in [6.45, 7) is 7.31. The van der Waals surface area contributed by atoms with E-state index < -0.39 is 29.0 Å². The Bertz CT molecular complexity index is 1450. The van der Waals surface area contributed by atoms with Crippen LogP contribution in [0.15, 0.2) is 102 Å². The first-order valence-corrected chi connectivity index (χ1v) is 15.2. The highest BCUT2D eigenvalue weighted by Crippen LogP contribution is 2.41. The molecule has 2 aromatic carbocycles. The topological polar surface area (TPSA) is 67.1 Å². The van der Waals surface area contributed by atoms with Gasteiger partial charge in [0, 0.05) is 5.69 Å². The molecular formula is C36H43F4N3O. The summed E-state index contributed by atoms with van der Waals surface area (Å²) in [5, 5.41) is 5.35. The second-order valence-electron chi connectivity index (χ2n) is 11.1. The van der Waals surface area contributed by atoms with Gasteiger partial charge in [-0.05, 0) is 92.5 Å². The lowest BCUT2D eigenvalue weighted by atomic mass is 9.78. The maximum Gasteiger partial charge on any atom is 0.416 e. The Morgan fingerprint density at radius 1 is 1.02 bits per heavy atom. The van der Waals surface area contributed by atoms with Crippen LogP contribution in [0.25, 0.3) is 0 Å². The number of hydrogen-bond donors (Lipinski definition) is 3. The van der Waals surface area contributed by atoms with Crippen molar-refractivity contribution >= 4 is 17.3 Å². The number of amides is 1. The number of halogens is 4. The molecule has 1 atom stereocenters. The molecular weight excluding hydrogens is 566 g/mol. The first kappa shape index (κ1) is 34.6. The van der Waals surface area contributed by atoms with Crippen LogP contribution < -0.4 is 16.4 Å². The minimum atomic E-state index is -4.69. The Kier molecular flexibility index (Phi) is 12.3. The van der Waals surface area contributed by atoms with Gasteiger partial charge in [-0.15, -0.1) is 0 Å². The van der Waals surface area contributed by atoms with E-state index >= 15 is 4.39 Å². The average molecular weight is 610 g/mol. The molecule has 0 spiro atoms.